The van der Waals surface area contributed by atoms with Crippen molar-refractivity contribution in [2.75, 3.05) is 11.9 Å². The topological polar surface area (TPSA) is 51.2 Å². The van der Waals surface area contributed by atoms with Crippen molar-refractivity contribution in [1.82, 2.24) is 4.98 Å². The van der Waals surface area contributed by atoms with E-state index in [1.165, 1.54) is 0 Å². The standard InChI is InChI=1S/C15H13F3N2O2/c1-2-22-14(21)11-9-19-13(15(16,17)18)8-12(11)20-10-6-4-3-5-7-10/h3-9H,2H2,1H3,(H,19,20). The molecule has 2 rings (SSSR count). The van der Waals surface area contributed by atoms with Gasteiger partial charge < -0.3 is 10.1 Å². The van der Waals surface area contributed by atoms with Crippen LogP contribution in [0.15, 0.2) is 42.6 Å². The number of aromatic nitrogens is 1. The summed E-state index contributed by atoms with van der Waals surface area (Å²) in [7, 11) is 0. The number of esters is 1. The molecule has 0 fully saturated rings. The van der Waals surface area contributed by atoms with Crippen LogP contribution < -0.4 is 5.32 Å². The second-order valence-corrected chi connectivity index (χ2v) is 4.32. The maximum absolute atomic E-state index is 12.8. The molecule has 1 aromatic carbocycles. The van der Waals surface area contributed by atoms with Gasteiger partial charge in [-0.05, 0) is 25.1 Å². The number of rotatable bonds is 4. The minimum atomic E-state index is -4.60. The zero-order valence-electron chi connectivity index (χ0n) is 11.6. The van der Waals surface area contributed by atoms with E-state index in [2.05, 4.69) is 10.3 Å². The van der Waals surface area contributed by atoms with Crippen molar-refractivity contribution >= 4 is 17.3 Å². The number of nitrogens with zero attached hydrogens (tertiary/aromatic N) is 1. The van der Waals surface area contributed by atoms with E-state index >= 15 is 0 Å². The van der Waals surface area contributed by atoms with Crippen LogP contribution in [0.5, 0.6) is 0 Å². The van der Waals surface area contributed by atoms with E-state index < -0.39 is 17.8 Å². The molecule has 0 amide bonds. The van der Waals surface area contributed by atoms with E-state index in [0.29, 0.717) is 5.69 Å². The van der Waals surface area contributed by atoms with Gasteiger partial charge in [0.1, 0.15) is 11.3 Å². The van der Waals surface area contributed by atoms with Crippen LogP contribution in [0.3, 0.4) is 0 Å². The molecule has 2 aromatic rings. The number of halogens is 3. The summed E-state index contributed by atoms with van der Waals surface area (Å²) in [4.78, 5) is 15.1. The fourth-order valence-electron chi connectivity index (χ4n) is 1.76. The van der Waals surface area contributed by atoms with Gasteiger partial charge in [0, 0.05) is 11.9 Å². The largest absolute Gasteiger partial charge is 0.462 e. The summed E-state index contributed by atoms with van der Waals surface area (Å²) in [6.45, 7) is 1.73. The number of para-hydroxylation sites is 1. The summed E-state index contributed by atoms with van der Waals surface area (Å²) in [5, 5.41) is 2.78. The van der Waals surface area contributed by atoms with E-state index in [1.807, 2.05) is 0 Å². The van der Waals surface area contributed by atoms with Gasteiger partial charge in [-0.1, -0.05) is 18.2 Å². The number of carbonyl (C=O) groups is 1. The van der Waals surface area contributed by atoms with Gasteiger partial charge in [-0.2, -0.15) is 13.2 Å². The highest BCUT2D eigenvalue weighted by molar-refractivity contribution is 5.96. The second kappa shape index (κ2) is 6.46. The molecule has 0 radical (unpaired) electrons. The van der Waals surface area contributed by atoms with Crippen molar-refractivity contribution in [2.24, 2.45) is 0 Å². The molecule has 0 bridgehead atoms. The van der Waals surface area contributed by atoms with Crippen LogP contribution >= 0.6 is 0 Å². The van der Waals surface area contributed by atoms with Gasteiger partial charge in [-0.25, -0.2) is 4.79 Å². The Morgan fingerprint density at radius 2 is 1.95 bits per heavy atom. The molecule has 0 aliphatic heterocycles. The Hall–Kier alpha value is -2.57. The van der Waals surface area contributed by atoms with Gasteiger partial charge in [0.05, 0.1) is 12.3 Å². The van der Waals surface area contributed by atoms with Crippen molar-refractivity contribution in [1.29, 1.82) is 0 Å². The molecule has 0 saturated carbocycles. The number of anilines is 2. The third-order valence-electron chi connectivity index (χ3n) is 2.74. The molecule has 7 heteroatoms. The van der Waals surface area contributed by atoms with Crippen LogP contribution in [-0.2, 0) is 10.9 Å². The van der Waals surface area contributed by atoms with Crippen molar-refractivity contribution in [3.05, 3.63) is 53.9 Å². The van der Waals surface area contributed by atoms with Crippen molar-refractivity contribution in [3.8, 4) is 0 Å². The average Bonchev–Trinajstić information content (AvgIpc) is 2.47. The minimum Gasteiger partial charge on any atom is -0.462 e. The number of carbonyl (C=O) groups excluding carboxylic acids is 1. The molecule has 1 aromatic heterocycles. The number of nitrogens with one attached hydrogen (secondary N) is 1. The van der Waals surface area contributed by atoms with Crippen molar-refractivity contribution in [3.63, 3.8) is 0 Å². The van der Waals surface area contributed by atoms with Crippen LogP contribution in [0.25, 0.3) is 0 Å². The lowest BCUT2D eigenvalue weighted by atomic mass is 10.2. The summed E-state index contributed by atoms with van der Waals surface area (Å²) >= 11 is 0. The molecule has 116 valence electrons. The first-order valence-corrected chi connectivity index (χ1v) is 6.48. The summed E-state index contributed by atoms with van der Waals surface area (Å²) in [6.07, 6.45) is -3.73. The van der Waals surface area contributed by atoms with Crippen LogP contribution in [0.4, 0.5) is 24.5 Å². The first kappa shape index (κ1) is 15.8. The van der Waals surface area contributed by atoms with Crippen LogP contribution in [0.2, 0.25) is 0 Å². The molecular weight excluding hydrogens is 297 g/mol. The van der Waals surface area contributed by atoms with Crippen LogP contribution in [-0.4, -0.2) is 17.6 Å². The molecule has 22 heavy (non-hydrogen) atoms. The Labute approximate surface area is 124 Å². The number of ether oxygens (including phenoxy) is 1. The first-order chi connectivity index (χ1) is 10.4. The average molecular weight is 310 g/mol. The molecule has 0 aliphatic rings. The molecule has 4 nitrogen and oxygen atoms in total. The van der Waals surface area contributed by atoms with Gasteiger partial charge >= 0.3 is 12.1 Å². The second-order valence-electron chi connectivity index (χ2n) is 4.32. The predicted molar refractivity (Wildman–Crippen MR) is 74.9 cm³/mol. The molecule has 0 unspecified atom stereocenters. The Kier molecular flexibility index (Phi) is 4.65. The Morgan fingerprint density at radius 3 is 2.55 bits per heavy atom. The third kappa shape index (κ3) is 3.75. The lowest BCUT2D eigenvalue weighted by Crippen LogP contribution is -2.13. The molecule has 0 atom stereocenters. The van der Waals surface area contributed by atoms with Crippen LogP contribution in [0, 0.1) is 0 Å². The first-order valence-electron chi connectivity index (χ1n) is 6.48. The van der Waals surface area contributed by atoms with Gasteiger partial charge in [0.15, 0.2) is 0 Å². The molecule has 0 aliphatic carbocycles. The monoisotopic (exact) mass is 310 g/mol. The van der Waals surface area contributed by atoms with Gasteiger partial charge in [0.2, 0.25) is 0 Å². The maximum atomic E-state index is 12.8. The predicted octanol–water partition coefficient (Wildman–Crippen LogP) is 4.02. The van der Waals surface area contributed by atoms with E-state index in [-0.39, 0.29) is 17.9 Å². The van der Waals surface area contributed by atoms with Crippen LogP contribution in [0.1, 0.15) is 23.0 Å². The number of hydrogen-bond donors (Lipinski definition) is 1. The highest BCUT2D eigenvalue weighted by Crippen LogP contribution is 2.31. The van der Waals surface area contributed by atoms with Crippen molar-refractivity contribution < 1.29 is 22.7 Å². The zero-order chi connectivity index (χ0) is 16.2. The lowest BCUT2D eigenvalue weighted by molar-refractivity contribution is -0.141. The highest BCUT2D eigenvalue weighted by atomic mass is 19.4. The Balaban J connectivity index is 2.43. The number of benzene rings is 1. The van der Waals surface area contributed by atoms with E-state index in [0.717, 1.165) is 12.3 Å². The molecule has 1 heterocycles. The Morgan fingerprint density at radius 1 is 1.27 bits per heavy atom. The van der Waals surface area contributed by atoms with Gasteiger partial charge in [0.25, 0.3) is 0 Å². The minimum absolute atomic E-state index is 0.00743. The summed E-state index contributed by atoms with van der Waals surface area (Å²) in [6, 6.07) is 9.34. The van der Waals surface area contributed by atoms with E-state index in [9.17, 15) is 18.0 Å². The number of hydrogen-bond acceptors (Lipinski definition) is 4. The summed E-state index contributed by atoms with van der Waals surface area (Å²) in [5.74, 6) is -0.734. The molecule has 0 saturated heterocycles. The number of pyridine rings is 1. The normalized spacial score (nSPS) is 11.1. The fourth-order valence-corrected chi connectivity index (χ4v) is 1.76. The highest BCUT2D eigenvalue weighted by Gasteiger charge is 2.33. The molecule has 1 N–H and O–H groups in total. The van der Waals surface area contributed by atoms with Gasteiger partial charge in [-0.15, -0.1) is 0 Å². The quantitative estimate of drug-likeness (QED) is 0.867. The van der Waals surface area contributed by atoms with E-state index in [4.69, 9.17) is 4.74 Å². The smallest absolute Gasteiger partial charge is 0.433 e. The maximum Gasteiger partial charge on any atom is 0.433 e. The molecular formula is C15H13F3N2O2. The third-order valence-corrected chi connectivity index (χ3v) is 2.74. The SMILES string of the molecule is CCOC(=O)c1cnc(C(F)(F)F)cc1Nc1ccccc1. The van der Waals surface area contributed by atoms with E-state index in [1.54, 1.807) is 37.3 Å². The fraction of sp³-hybridized carbons (Fsp3) is 0.200. The molecule has 0 spiro atoms. The number of alkyl halides is 3. The lowest BCUT2D eigenvalue weighted by Gasteiger charge is -2.14. The van der Waals surface area contributed by atoms with Gasteiger partial charge in [-0.3, -0.25) is 4.98 Å². The van der Waals surface area contributed by atoms with Crippen molar-refractivity contribution in [2.45, 2.75) is 13.1 Å². The summed E-state index contributed by atoms with van der Waals surface area (Å²) in [5.41, 5.74) is -0.600. The summed E-state index contributed by atoms with van der Waals surface area (Å²) < 4.78 is 43.2. The Bertz CT molecular complexity index is 658. The zero-order valence-corrected chi connectivity index (χ0v) is 11.6.